The monoisotopic (exact) mass is 331 g/mol. The molecular formula is C10H7Br2NO2. The van der Waals surface area contributed by atoms with Crippen LogP contribution >= 0.6 is 31.9 Å². The van der Waals surface area contributed by atoms with Crippen molar-refractivity contribution in [3.8, 4) is 6.07 Å². The van der Waals surface area contributed by atoms with Crippen molar-refractivity contribution in [1.29, 1.82) is 5.26 Å². The van der Waals surface area contributed by atoms with Crippen LogP contribution in [-0.4, -0.2) is 13.1 Å². The van der Waals surface area contributed by atoms with Crippen LogP contribution in [-0.2, 0) is 10.1 Å². The predicted molar refractivity (Wildman–Crippen MR) is 62.8 cm³/mol. The molecule has 3 nitrogen and oxygen atoms in total. The fourth-order valence-electron chi connectivity index (χ4n) is 1.09. The van der Waals surface area contributed by atoms with Gasteiger partial charge >= 0.3 is 5.97 Å². The molecule has 0 N–H and O–H groups in total. The van der Waals surface area contributed by atoms with Gasteiger partial charge in [0.25, 0.3) is 0 Å². The van der Waals surface area contributed by atoms with Gasteiger partial charge in [-0.3, -0.25) is 0 Å². The maximum atomic E-state index is 11.4. The molecule has 0 aliphatic carbocycles. The molecule has 0 radical (unpaired) electrons. The Bertz CT molecular complexity index is 438. The molecule has 0 unspecified atom stereocenters. The molecule has 0 atom stereocenters. The zero-order valence-electron chi connectivity index (χ0n) is 7.88. The van der Waals surface area contributed by atoms with Crippen LogP contribution in [0.5, 0.6) is 0 Å². The van der Waals surface area contributed by atoms with E-state index in [1.165, 1.54) is 7.11 Å². The van der Waals surface area contributed by atoms with E-state index >= 15 is 0 Å². The van der Waals surface area contributed by atoms with Crippen molar-refractivity contribution in [3.63, 3.8) is 0 Å². The molecule has 5 heteroatoms. The Balaban J connectivity index is 3.37. The second kappa shape index (κ2) is 5.29. The lowest BCUT2D eigenvalue weighted by Crippen LogP contribution is -2.05. The summed E-state index contributed by atoms with van der Waals surface area (Å²) in [4.78, 5) is 11.4. The molecule has 0 fully saturated rings. The standard InChI is InChI=1S/C10H7Br2NO2/c1-15-10(14)8-2-6(4-11)9(12)3-7(8)5-13/h2-3H,4H2,1H3. The summed E-state index contributed by atoms with van der Waals surface area (Å²) in [5.41, 5.74) is 1.49. The van der Waals surface area contributed by atoms with Crippen molar-refractivity contribution in [2.45, 2.75) is 5.33 Å². The average Bonchev–Trinajstić information content (AvgIpc) is 2.27. The first-order valence-electron chi connectivity index (χ1n) is 4.00. The van der Waals surface area contributed by atoms with Crippen molar-refractivity contribution in [2.75, 3.05) is 7.11 Å². The number of benzene rings is 1. The molecule has 0 aliphatic rings. The summed E-state index contributed by atoms with van der Waals surface area (Å²) >= 11 is 6.62. The highest BCUT2D eigenvalue weighted by Gasteiger charge is 2.14. The largest absolute Gasteiger partial charge is 0.465 e. The number of halogens is 2. The van der Waals surface area contributed by atoms with Crippen LogP contribution in [0, 0.1) is 11.3 Å². The summed E-state index contributed by atoms with van der Waals surface area (Å²) in [5, 5.41) is 9.46. The minimum atomic E-state index is -0.499. The van der Waals surface area contributed by atoms with E-state index in [1.54, 1.807) is 12.1 Å². The van der Waals surface area contributed by atoms with E-state index in [-0.39, 0.29) is 5.56 Å². The van der Waals surface area contributed by atoms with Crippen molar-refractivity contribution in [1.82, 2.24) is 0 Å². The minimum Gasteiger partial charge on any atom is -0.465 e. The number of rotatable bonds is 2. The number of nitrogens with zero attached hydrogens (tertiary/aromatic N) is 1. The lowest BCUT2D eigenvalue weighted by molar-refractivity contribution is 0.0600. The first-order valence-corrected chi connectivity index (χ1v) is 5.92. The van der Waals surface area contributed by atoms with E-state index in [4.69, 9.17) is 5.26 Å². The molecule has 1 aromatic carbocycles. The molecule has 0 heterocycles. The Kier molecular flexibility index (Phi) is 4.30. The van der Waals surface area contributed by atoms with Gasteiger partial charge in [0.2, 0.25) is 0 Å². The molecule has 0 amide bonds. The van der Waals surface area contributed by atoms with Gasteiger partial charge in [0, 0.05) is 9.80 Å². The van der Waals surface area contributed by atoms with Gasteiger partial charge in [-0.15, -0.1) is 0 Å². The third kappa shape index (κ3) is 2.58. The van der Waals surface area contributed by atoms with E-state index < -0.39 is 5.97 Å². The first-order chi connectivity index (χ1) is 7.13. The fraction of sp³-hybridized carbons (Fsp3) is 0.200. The molecule has 15 heavy (non-hydrogen) atoms. The third-order valence-electron chi connectivity index (χ3n) is 1.86. The molecule has 1 rings (SSSR count). The molecule has 0 aliphatic heterocycles. The molecular weight excluding hydrogens is 326 g/mol. The average molecular weight is 333 g/mol. The van der Waals surface area contributed by atoms with Crippen molar-refractivity contribution >= 4 is 37.8 Å². The maximum Gasteiger partial charge on any atom is 0.339 e. The van der Waals surface area contributed by atoms with E-state index in [0.717, 1.165) is 10.0 Å². The number of ether oxygens (including phenoxy) is 1. The van der Waals surface area contributed by atoms with Gasteiger partial charge < -0.3 is 4.74 Å². The smallest absolute Gasteiger partial charge is 0.339 e. The quantitative estimate of drug-likeness (QED) is 0.618. The molecule has 0 saturated heterocycles. The normalized spacial score (nSPS) is 9.47. The van der Waals surface area contributed by atoms with Crippen LogP contribution in [0.2, 0.25) is 0 Å². The van der Waals surface area contributed by atoms with E-state index in [9.17, 15) is 4.79 Å². The van der Waals surface area contributed by atoms with Gasteiger partial charge in [0.15, 0.2) is 0 Å². The van der Waals surface area contributed by atoms with Gasteiger partial charge in [-0.1, -0.05) is 31.9 Å². The number of hydrogen-bond donors (Lipinski definition) is 0. The van der Waals surface area contributed by atoms with Gasteiger partial charge in [-0.2, -0.15) is 5.26 Å². The first kappa shape index (κ1) is 12.2. The number of nitriles is 1. The Morgan fingerprint density at radius 3 is 2.73 bits per heavy atom. The number of methoxy groups -OCH3 is 1. The van der Waals surface area contributed by atoms with Crippen LogP contribution in [0.25, 0.3) is 0 Å². The topological polar surface area (TPSA) is 50.1 Å². The molecule has 78 valence electrons. The van der Waals surface area contributed by atoms with Crippen molar-refractivity contribution < 1.29 is 9.53 Å². The van der Waals surface area contributed by atoms with Gasteiger partial charge in [-0.05, 0) is 17.7 Å². The number of carbonyl (C=O) groups is 1. The molecule has 0 bridgehead atoms. The third-order valence-corrected chi connectivity index (χ3v) is 3.20. The fourth-order valence-corrected chi connectivity index (χ4v) is 2.42. The summed E-state index contributed by atoms with van der Waals surface area (Å²) < 4.78 is 5.39. The molecule has 0 spiro atoms. The van der Waals surface area contributed by atoms with E-state index in [2.05, 4.69) is 36.6 Å². The van der Waals surface area contributed by atoms with Gasteiger partial charge in [0.05, 0.1) is 18.2 Å². The Hall–Kier alpha value is -0.860. The molecule has 0 aromatic heterocycles. The Morgan fingerprint density at radius 2 is 2.27 bits per heavy atom. The maximum absolute atomic E-state index is 11.4. The summed E-state index contributed by atoms with van der Waals surface area (Å²) in [6, 6.07) is 5.21. The van der Waals surface area contributed by atoms with E-state index in [0.29, 0.717) is 10.9 Å². The van der Waals surface area contributed by atoms with Crippen LogP contribution in [0.3, 0.4) is 0 Å². The predicted octanol–water partition coefficient (Wildman–Crippen LogP) is 3.00. The van der Waals surface area contributed by atoms with Gasteiger partial charge in [-0.25, -0.2) is 4.79 Å². The highest BCUT2D eigenvalue weighted by atomic mass is 79.9. The molecule has 0 saturated carbocycles. The lowest BCUT2D eigenvalue weighted by Gasteiger charge is -2.06. The summed E-state index contributed by atoms with van der Waals surface area (Å²) in [5.74, 6) is -0.499. The highest BCUT2D eigenvalue weighted by Crippen LogP contribution is 2.24. The van der Waals surface area contributed by atoms with Crippen LogP contribution in [0.4, 0.5) is 0 Å². The second-order valence-corrected chi connectivity index (χ2v) is 4.14. The SMILES string of the molecule is COC(=O)c1cc(CBr)c(Br)cc1C#N. The second-order valence-electron chi connectivity index (χ2n) is 2.73. The lowest BCUT2D eigenvalue weighted by atomic mass is 10.1. The zero-order chi connectivity index (χ0) is 11.4. The van der Waals surface area contributed by atoms with Crippen LogP contribution in [0.1, 0.15) is 21.5 Å². The summed E-state index contributed by atoms with van der Waals surface area (Å²) in [7, 11) is 1.29. The number of esters is 1. The number of carbonyl (C=O) groups excluding carboxylic acids is 1. The van der Waals surface area contributed by atoms with E-state index in [1.807, 2.05) is 6.07 Å². The zero-order valence-corrected chi connectivity index (χ0v) is 11.1. The van der Waals surface area contributed by atoms with Crippen molar-refractivity contribution in [3.05, 3.63) is 33.3 Å². The van der Waals surface area contributed by atoms with Crippen LogP contribution < -0.4 is 0 Å². The Labute approximate surface area is 104 Å². The summed E-state index contributed by atoms with van der Waals surface area (Å²) in [6.07, 6.45) is 0. The number of hydrogen-bond acceptors (Lipinski definition) is 3. The van der Waals surface area contributed by atoms with Crippen LogP contribution in [0.15, 0.2) is 16.6 Å². The molecule has 1 aromatic rings. The summed E-state index contributed by atoms with van der Waals surface area (Å²) in [6.45, 7) is 0. The minimum absolute atomic E-state index is 0.289. The van der Waals surface area contributed by atoms with Gasteiger partial charge in [0.1, 0.15) is 6.07 Å². The highest BCUT2D eigenvalue weighted by molar-refractivity contribution is 9.10. The van der Waals surface area contributed by atoms with Crippen molar-refractivity contribution in [2.24, 2.45) is 0 Å². The number of alkyl halides is 1. The Morgan fingerprint density at radius 1 is 1.60 bits per heavy atom.